The minimum atomic E-state index is -0.881. The lowest BCUT2D eigenvalue weighted by Crippen LogP contribution is -2.28. The summed E-state index contributed by atoms with van der Waals surface area (Å²) in [5.74, 6) is -1.36. The molecule has 0 radical (unpaired) electrons. The third kappa shape index (κ3) is 7.27. The Morgan fingerprint density at radius 2 is 1.61 bits per heavy atom. The predicted molar refractivity (Wildman–Crippen MR) is 139 cm³/mol. The molecule has 0 aliphatic heterocycles. The van der Waals surface area contributed by atoms with Crippen LogP contribution < -0.4 is 10.6 Å². The first-order valence-electron chi connectivity index (χ1n) is 10.8. The molecule has 0 atom stereocenters. The highest BCUT2D eigenvalue weighted by molar-refractivity contribution is 6.31. The van der Waals surface area contributed by atoms with Gasteiger partial charge in [0, 0.05) is 42.4 Å². The van der Waals surface area contributed by atoms with Crippen LogP contribution in [0.4, 0.5) is 11.5 Å². The van der Waals surface area contributed by atoms with E-state index in [9.17, 15) is 14.4 Å². The molecule has 11 heteroatoms. The van der Waals surface area contributed by atoms with Crippen LogP contribution in [-0.4, -0.2) is 52.2 Å². The van der Waals surface area contributed by atoms with Crippen molar-refractivity contribution in [2.45, 2.75) is 12.8 Å². The Bertz CT molecular complexity index is 1280. The Balaban J connectivity index is 1.69. The van der Waals surface area contributed by atoms with Crippen LogP contribution in [0.15, 0.2) is 60.8 Å². The number of carbonyl (C=O) groups is 3. The summed E-state index contributed by atoms with van der Waals surface area (Å²) in [6.45, 7) is 0.417. The highest BCUT2D eigenvalue weighted by Gasteiger charge is 2.17. The lowest BCUT2D eigenvalue weighted by atomic mass is 10.1. The van der Waals surface area contributed by atoms with Crippen molar-refractivity contribution in [1.82, 2.24) is 9.88 Å². The van der Waals surface area contributed by atoms with Gasteiger partial charge in [0.25, 0.3) is 11.8 Å². The van der Waals surface area contributed by atoms with E-state index in [0.29, 0.717) is 34.1 Å². The van der Waals surface area contributed by atoms with Gasteiger partial charge in [-0.3, -0.25) is 19.8 Å². The number of amides is 2. The zero-order valence-corrected chi connectivity index (χ0v) is 20.7. The molecule has 186 valence electrons. The lowest BCUT2D eigenvalue weighted by molar-refractivity contribution is -0.137. The van der Waals surface area contributed by atoms with Crippen LogP contribution in [0.2, 0.25) is 10.0 Å². The molecule has 0 saturated carbocycles. The van der Waals surface area contributed by atoms with Crippen LogP contribution in [0.1, 0.15) is 39.1 Å². The molecule has 36 heavy (non-hydrogen) atoms. The van der Waals surface area contributed by atoms with E-state index < -0.39 is 17.8 Å². The Kier molecular flexibility index (Phi) is 8.99. The Morgan fingerprint density at radius 1 is 0.944 bits per heavy atom. The van der Waals surface area contributed by atoms with E-state index in [1.807, 2.05) is 0 Å². The maximum Gasteiger partial charge on any atom is 0.303 e. The Morgan fingerprint density at radius 3 is 2.25 bits per heavy atom. The molecule has 0 spiro atoms. The molecule has 0 unspecified atom stereocenters. The van der Waals surface area contributed by atoms with Gasteiger partial charge in [-0.15, -0.1) is 0 Å². The first-order valence-corrected chi connectivity index (χ1v) is 11.6. The van der Waals surface area contributed by atoms with E-state index in [4.69, 9.17) is 33.7 Å². The van der Waals surface area contributed by atoms with Gasteiger partial charge in [0.15, 0.2) is 0 Å². The molecule has 2 aromatic carbocycles. The number of amidine groups is 1. The van der Waals surface area contributed by atoms with E-state index in [-0.39, 0.29) is 29.3 Å². The van der Waals surface area contributed by atoms with Gasteiger partial charge in [0.05, 0.1) is 16.3 Å². The number of nitrogens with zero attached hydrogens (tertiary/aromatic N) is 2. The fourth-order valence-electron chi connectivity index (χ4n) is 3.22. The van der Waals surface area contributed by atoms with Crippen LogP contribution in [0, 0.1) is 5.41 Å². The lowest BCUT2D eigenvalue weighted by Gasteiger charge is -2.20. The number of aliphatic carboxylic acids is 1. The summed E-state index contributed by atoms with van der Waals surface area (Å²) in [7, 11) is 1.71. The van der Waals surface area contributed by atoms with Crippen LogP contribution in [0.5, 0.6) is 0 Å². The van der Waals surface area contributed by atoms with Gasteiger partial charge in [0.1, 0.15) is 11.7 Å². The average Bonchev–Trinajstić information content (AvgIpc) is 2.85. The van der Waals surface area contributed by atoms with Gasteiger partial charge in [-0.05, 0) is 48.9 Å². The van der Waals surface area contributed by atoms with Gasteiger partial charge in [-0.1, -0.05) is 35.3 Å². The topological polar surface area (TPSA) is 135 Å². The summed E-state index contributed by atoms with van der Waals surface area (Å²) >= 11 is 11.9. The minimum absolute atomic E-state index is 0.0254. The average molecular weight is 528 g/mol. The molecule has 0 fully saturated rings. The highest BCUT2D eigenvalue weighted by atomic mass is 35.5. The van der Waals surface area contributed by atoms with Crippen LogP contribution in [0.25, 0.3) is 0 Å². The zero-order chi connectivity index (χ0) is 26.2. The second-order valence-electron chi connectivity index (χ2n) is 7.80. The molecular weight excluding hydrogens is 505 g/mol. The fraction of sp³-hybridized carbons (Fsp3) is 0.160. The van der Waals surface area contributed by atoms with Crippen LogP contribution in [-0.2, 0) is 4.79 Å². The molecule has 3 rings (SSSR count). The number of pyridine rings is 1. The van der Waals surface area contributed by atoms with Crippen molar-refractivity contribution >= 4 is 58.3 Å². The van der Waals surface area contributed by atoms with Crippen molar-refractivity contribution < 1.29 is 19.5 Å². The number of benzene rings is 2. The van der Waals surface area contributed by atoms with Crippen molar-refractivity contribution in [2.75, 3.05) is 24.2 Å². The van der Waals surface area contributed by atoms with E-state index in [2.05, 4.69) is 15.6 Å². The van der Waals surface area contributed by atoms with Crippen molar-refractivity contribution in [3.05, 3.63) is 87.5 Å². The third-order valence-corrected chi connectivity index (χ3v) is 5.59. The first-order chi connectivity index (χ1) is 17.1. The number of anilines is 2. The van der Waals surface area contributed by atoms with Gasteiger partial charge >= 0.3 is 5.97 Å². The number of carboxylic acid groups (broad SMARTS) is 1. The predicted octanol–water partition coefficient (Wildman–Crippen LogP) is 5.01. The second-order valence-corrected chi connectivity index (χ2v) is 8.68. The molecule has 1 heterocycles. The first kappa shape index (κ1) is 26.7. The molecule has 0 bridgehead atoms. The summed E-state index contributed by atoms with van der Waals surface area (Å²) in [6, 6.07) is 14.1. The van der Waals surface area contributed by atoms with Crippen LogP contribution in [0.3, 0.4) is 0 Å². The molecule has 3 aromatic rings. The molecule has 1 aromatic heterocycles. The summed E-state index contributed by atoms with van der Waals surface area (Å²) < 4.78 is 0. The Hall–Kier alpha value is -3.95. The standard InChI is InChI=1S/C25H23Cl2N5O4/c1-32(12-2-3-22(33)34)23(28)15-4-6-16(7-5-15)24(35)30-20-10-8-17(26)13-19(20)25(36)31-21-11-9-18(27)14-29-21/h4-11,13-14,28H,2-3,12H2,1H3,(H,30,35)(H,33,34)(H,29,31,36). The van der Waals surface area contributed by atoms with Crippen molar-refractivity contribution in [2.24, 2.45) is 0 Å². The normalized spacial score (nSPS) is 10.4. The number of aromatic nitrogens is 1. The highest BCUT2D eigenvalue weighted by Crippen LogP contribution is 2.23. The second kappa shape index (κ2) is 12.1. The number of halogens is 2. The number of rotatable bonds is 9. The maximum atomic E-state index is 12.9. The molecule has 0 saturated heterocycles. The number of hydrogen-bond donors (Lipinski definition) is 4. The summed E-state index contributed by atoms with van der Waals surface area (Å²) in [5.41, 5.74) is 1.30. The molecule has 0 aliphatic carbocycles. The van der Waals surface area contributed by atoms with Gasteiger partial charge in [-0.2, -0.15) is 0 Å². The van der Waals surface area contributed by atoms with Gasteiger partial charge in [0.2, 0.25) is 0 Å². The summed E-state index contributed by atoms with van der Waals surface area (Å²) in [6.07, 6.45) is 1.84. The quantitative estimate of drug-likeness (QED) is 0.228. The fourth-order valence-corrected chi connectivity index (χ4v) is 3.50. The summed E-state index contributed by atoms with van der Waals surface area (Å²) in [5, 5.41) is 23.1. The smallest absolute Gasteiger partial charge is 0.303 e. The number of carboxylic acids is 1. The number of carbonyl (C=O) groups excluding carboxylic acids is 2. The maximum absolute atomic E-state index is 12.9. The third-order valence-electron chi connectivity index (χ3n) is 5.13. The van der Waals surface area contributed by atoms with Gasteiger partial charge < -0.3 is 20.6 Å². The largest absolute Gasteiger partial charge is 0.481 e. The van der Waals surface area contributed by atoms with Crippen LogP contribution >= 0.6 is 23.2 Å². The van der Waals surface area contributed by atoms with E-state index >= 15 is 0 Å². The van der Waals surface area contributed by atoms with E-state index in [0.717, 1.165) is 0 Å². The monoisotopic (exact) mass is 527 g/mol. The number of hydrogen-bond acceptors (Lipinski definition) is 5. The minimum Gasteiger partial charge on any atom is -0.481 e. The molecule has 2 amide bonds. The van der Waals surface area contributed by atoms with Crippen molar-refractivity contribution in [1.29, 1.82) is 5.41 Å². The van der Waals surface area contributed by atoms with Crippen molar-refractivity contribution in [3.8, 4) is 0 Å². The van der Waals surface area contributed by atoms with E-state index in [1.54, 1.807) is 54.4 Å². The molecule has 0 aliphatic rings. The van der Waals surface area contributed by atoms with Gasteiger partial charge in [-0.25, -0.2) is 4.98 Å². The van der Waals surface area contributed by atoms with E-state index in [1.165, 1.54) is 18.3 Å². The molecule has 9 nitrogen and oxygen atoms in total. The number of nitrogens with one attached hydrogen (secondary N) is 3. The molecular formula is C25H23Cl2N5O4. The van der Waals surface area contributed by atoms with Crippen molar-refractivity contribution in [3.63, 3.8) is 0 Å². The molecule has 4 N–H and O–H groups in total. The zero-order valence-electron chi connectivity index (χ0n) is 19.2. The SMILES string of the molecule is CN(CCCC(=O)O)C(=N)c1ccc(C(=O)Nc2ccc(Cl)cc2C(=O)Nc2ccc(Cl)cn2)cc1. The Labute approximate surface area is 217 Å². The summed E-state index contributed by atoms with van der Waals surface area (Å²) in [4.78, 5) is 42.1.